The Morgan fingerprint density at radius 2 is 2.29 bits per heavy atom. The second kappa shape index (κ2) is 4.91. The number of aromatic nitrogens is 2. The van der Waals surface area contributed by atoms with Gasteiger partial charge in [-0.05, 0) is 12.1 Å². The predicted molar refractivity (Wildman–Crippen MR) is 67.0 cm³/mol. The summed E-state index contributed by atoms with van der Waals surface area (Å²) >= 11 is 1.47. The Labute approximate surface area is 104 Å². The van der Waals surface area contributed by atoms with Crippen molar-refractivity contribution in [1.82, 2.24) is 14.7 Å². The van der Waals surface area contributed by atoms with Crippen molar-refractivity contribution in [2.24, 2.45) is 0 Å². The second-order valence-corrected chi connectivity index (χ2v) is 6.17. The van der Waals surface area contributed by atoms with Crippen LogP contribution in [-0.4, -0.2) is 24.6 Å². The van der Waals surface area contributed by atoms with Crippen molar-refractivity contribution in [1.29, 1.82) is 0 Å². The van der Waals surface area contributed by atoms with Crippen LogP contribution in [0.15, 0.2) is 29.9 Å². The van der Waals surface area contributed by atoms with Gasteiger partial charge in [0.25, 0.3) is 0 Å². The van der Waals surface area contributed by atoms with Crippen LogP contribution in [0, 0.1) is 0 Å². The Morgan fingerprint density at radius 3 is 2.94 bits per heavy atom. The lowest BCUT2D eigenvalue weighted by Gasteiger charge is -1.98. The van der Waals surface area contributed by atoms with Gasteiger partial charge in [-0.25, -0.2) is 18.1 Å². The number of rotatable bonds is 4. The Morgan fingerprint density at radius 1 is 1.47 bits per heavy atom. The van der Waals surface area contributed by atoms with Crippen LogP contribution in [0.1, 0.15) is 5.69 Å². The van der Waals surface area contributed by atoms with Crippen LogP contribution in [0.25, 0.3) is 10.6 Å². The van der Waals surface area contributed by atoms with E-state index in [4.69, 9.17) is 0 Å². The van der Waals surface area contributed by atoms with Gasteiger partial charge in [0.2, 0.25) is 10.0 Å². The van der Waals surface area contributed by atoms with Crippen LogP contribution < -0.4 is 4.72 Å². The van der Waals surface area contributed by atoms with E-state index in [9.17, 15) is 8.42 Å². The van der Waals surface area contributed by atoms with Gasteiger partial charge < -0.3 is 0 Å². The van der Waals surface area contributed by atoms with Crippen molar-refractivity contribution in [3.63, 3.8) is 0 Å². The summed E-state index contributed by atoms with van der Waals surface area (Å²) in [5, 5.41) is 2.67. The van der Waals surface area contributed by atoms with Gasteiger partial charge in [0, 0.05) is 23.3 Å². The van der Waals surface area contributed by atoms with Gasteiger partial charge in [0.05, 0.1) is 18.5 Å². The summed E-state index contributed by atoms with van der Waals surface area (Å²) in [4.78, 5) is 8.35. The van der Waals surface area contributed by atoms with Crippen molar-refractivity contribution in [2.45, 2.75) is 6.54 Å². The molecule has 1 N–H and O–H groups in total. The molecule has 0 aliphatic heterocycles. The molecule has 0 fully saturated rings. The highest BCUT2D eigenvalue weighted by Crippen LogP contribution is 2.22. The van der Waals surface area contributed by atoms with Gasteiger partial charge in [0.1, 0.15) is 5.01 Å². The highest BCUT2D eigenvalue weighted by molar-refractivity contribution is 7.88. The van der Waals surface area contributed by atoms with Crippen molar-refractivity contribution in [3.05, 3.63) is 35.6 Å². The molecule has 90 valence electrons. The normalized spacial score (nSPS) is 11.6. The molecule has 0 radical (unpaired) electrons. The van der Waals surface area contributed by atoms with Crippen LogP contribution in [0.2, 0.25) is 0 Å². The summed E-state index contributed by atoms with van der Waals surface area (Å²) in [6.45, 7) is 0.218. The first kappa shape index (κ1) is 12.2. The molecule has 0 atom stereocenters. The Balaban J connectivity index is 2.12. The molecule has 17 heavy (non-hydrogen) atoms. The van der Waals surface area contributed by atoms with Gasteiger partial charge in [-0.15, -0.1) is 11.3 Å². The topological polar surface area (TPSA) is 72.0 Å². The molecule has 0 aliphatic rings. The molecule has 7 heteroatoms. The van der Waals surface area contributed by atoms with E-state index in [2.05, 4.69) is 14.7 Å². The summed E-state index contributed by atoms with van der Waals surface area (Å²) in [6.07, 6.45) is 4.55. The van der Waals surface area contributed by atoms with Crippen molar-refractivity contribution < 1.29 is 8.42 Å². The fourth-order valence-electron chi connectivity index (χ4n) is 1.22. The fraction of sp³-hybridized carbons (Fsp3) is 0.200. The maximum atomic E-state index is 10.9. The largest absolute Gasteiger partial charge is 0.264 e. The number of thiazole rings is 1. The third kappa shape index (κ3) is 3.58. The molecule has 2 aromatic heterocycles. The Bertz CT molecular complexity index is 593. The number of hydrogen-bond donors (Lipinski definition) is 1. The van der Waals surface area contributed by atoms with E-state index >= 15 is 0 Å². The molecule has 2 rings (SSSR count). The van der Waals surface area contributed by atoms with Crippen LogP contribution in [0.5, 0.6) is 0 Å². The fourth-order valence-corrected chi connectivity index (χ4v) is 2.44. The van der Waals surface area contributed by atoms with Crippen LogP contribution in [-0.2, 0) is 16.6 Å². The molecule has 0 saturated carbocycles. The van der Waals surface area contributed by atoms with Crippen LogP contribution in [0.3, 0.4) is 0 Å². The summed E-state index contributed by atoms with van der Waals surface area (Å²) in [7, 11) is -3.18. The first-order valence-electron chi connectivity index (χ1n) is 4.84. The minimum absolute atomic E-state index is 0.218. The zero-order valence-electron chi connectivity index (χ0n) is 9.12. The molecule has 0 amide bonds. The van der Waals surface area contributed by atoms with Crippen molar-refractivity contribution >= 4 is 21.4 Å². The van der Waals surface area contributed by atoms with E-state index in [1.807, 2.05) is 17.5 Å². The SMILES string of the molecule is CS(=O)(=O)NCc1csc(-c2cccnc2)n1. The lowest BCUT2D eigenvalue weighted by Crippen LogP contribution is -2.21. The number of hydrogen-bond acceptors (Lipinski definition) is 5. The lowest BCUT2D eigenvalue weighted by molar-refractivity contribution is 0.587. The third-order valence-corrected chi connectivity index (χ3v) is 3.58. The number of sulfonamides is 1. The average Bonchev–Trinajstić information content (AvgIpc) is 2.75. The smallest absolute Gasteiger partial charge is 0.209 e. The Kier molecular flexibility index (Phi) is 3.51. The summed E-state index contributed by atoms with van der Waals surface area (Å²) < 4.78 is 24.3. The van der Waals surface area contributed by atoms with E-state index in [0.29, 0.717) is 5.69 Å². The highest BCUT2D eigenvalue weighted by atomic mass is 32.2. The molecule has 0 aliphatic carbocycles. The number of pyridine rings is 1. The number of nitrogens with one attached hydrogen (secondary N) is 1. The molecule has 0 aromatic carbocycles. The maximum absolute atomic E-state index is 10.9. The standard InChI is InChI=1S/C10H11N3O2S2/c1-17(14,15)12-6-9-7-16-10(13-9)8-3-2-4-11-5-8/h2-5,7,12H,6H2,1H3. The molecule has 5 nitrogen and oxygen atoms in total. The average molecular weight is 269 g/mol. The zero-order chi connectivity index (χ0) is 12.3. The van der Waals surface area contributed by atoms with Crippen molar-refractivity contribution in [3.8, 4) is 10.6 Å². The summed E-state index contributed by atoms with van der Waals surface area (Å²) in [5.74, 6) is 0. The van der Waals surface area contributed by atoms with E-state index in [0.717, 1.165) is 16.8 Å². The van der Waals surface area contributed by atoms with Gasteiger partial charge in [0.15, 0.2) is 0 Å². The summed E-state index contributed by atoms with van der Waals surface area (Å²) in [6, 6.07) is 3.75. The zero-order valence-corrected chi connectivity index (χ0v) is 10.8. The first-order chi connectivity index (χ1) is 8.04. The van der Waals surface area contributed by atoms with Gasteiger partial charge in [-0.3, -0.25) is 4.98 Å². The molecule has 0 unspecified atom stereocenters. The van der Waals surface area contributed by atoms with Gasteiger partial charge in [-0.1, -0.05) is 0 Å². The molecule has 0 spiro atoms. The maximum Gasteiger partial charge on any atom is 0.209 e. The monoisotopic (exact) mass is 269 g/mol. The van der Waals surface area contributed by atoms with Crippen LogP contribution in [0.4, 0.5) is 0 Å². The first-order valence-corrected chi connectivity index (χ1v) is 7.61. The third-order valence-electron chi connectivity index (χ3n) is 1.98. The molecular weight excluding hydrogens is 258 g/mol. The quantitative estimate of drug-likeness (QED) is 0.907. The Hall–Kier alpha value is -1.31. The molecular formula is C10H11N3O2S2. The molecule has 0 saturated heterocycles. The van der Waals surface area contributed by atoms with Crippen LogP contribution >= 0.6 is 11.3 Å². The van der Waals surface area contributed by atoms with E-state index in [-0.39, 0.29) is 6.54 Å². The predicted octanol–water partition coefficient (Wildman–Crippen LogP) is 1.25. The molecule has 2 heterocycles. The summed E-state index contributed by atoms with van der Waals surface area (Å²) in [5.41, 5.74) is 1.64. The highest BCUT2D eigenvalue weighted by Gasteiger charge is 2.06. The minimum Gasteiger partial charge on any atom is -0.264 e. The van der Waals surface area contributed by atoms with E-state index < -0.39 is 10.0 Å². The molecule has 2 aromatic rings. The van der Waals surface area contributed by atoms with Gasteiger partial charge in [-0.2, -0.15) is 0 Å². The van der Waals surface area contributed by atoms with Crippen molar-refractivity contribution in [2.75, 3.05) is 6.26 Å². The lowest BCUT2D eigenvalue weighted by atomic mass is 10.3. The van der Waals surface area contributed by atoms with E-state index in [1.54, 1.807) is 12.4 Å². The second-order valence-electron chi connectivity index (χ2n) is 3.48. The number of nitrogens with zero attached hydrogens (tertiary/aromatic N) is 2. The minimum atomic E-state index is -3.18. The van der Waals surface area contributed by atoms with Gasteiger partial charge >= 0.3 is 0 Å². The molecule has 0 bridgehead atoms. The van der Waals surface area contributed by atoms with E-state index in [1.165, 1.54) is 11.3 Å².